The first-order chi connectivity index (χ1) is 4.31. The number of aldehydes is 1. The zero-order valence-corrected chi connectivity index (χ0v) is 5.55. The van der Waals surface area contributed by atoms with Crippen molar-refractivity contribution < 1.29 is 4.79 Å². The quantitative estimate of drug-likeness (QED) is 0.315. The lowest BCUT2D eigenvalue weighted by molar-refractivity contribution is -0.107. The monoisotopic (exact) mass is 122 g/mol. The minimum atomic E-state index is 0.568. The fourth-order valence-electron chi connectivity index (χ4n) is 0.427. The SMILES string of the molecule is C#CC(C)=CCCC=O. The number of allylic oxidation sites excluding steroid dienone is 2. The summed E-state index contributed by atoms with van der Waals surface area (Å²) in [4.78, 5) is 9.79. The average molecular weight is 122 g/mol. The maximum Gasteiger partial charge on any atom is 0.120 e. The molecule has 0 radical (unpaired) electrons. The summed E-state index contributed by atoms with van der Waals surface area (Å²) in [7, 11) is 0. The molecule has 0 saturated carbocycles. The predicted molar refractivity (Wildman–Crippen MR) is 37.9 cm³/mol. The molecule has 0 aliphatic carbocycles. The van der Waals surface area contributed by atoms with Crippen LogP contribution in [0.25, 0.3) is 0 Å². The topological polar surface area (TPSA) is 17.1 Å². The van der Waals surface area contributed by atoms with E-state index in [1.54, 1.807) is 0 Å². The third-order valence-corrected chi connectivity index (χ3v) is 0.963. The first kappa shape index (κ1) is 7.97. The minimum absolute atomic E-state index is 0.568. The van der Waals surface area contributed by atoms with Gasteiger partial charge >= 0.3 is 0 Å². The molecule has 0 spiro atoms. The van der Waals surface area contributed by atoms with Crippen LogP contribution in [0.15, 0.2) is 11.6 Å². The zero-order valence-electron chi connectivity index (χ0n) is 5.55. The molecule has 0 N–H and O–H groups in total. The van der Waals surface area contributed by atoms with E-state index in [0.29, 0.717) is 6.42 Å². The first-order valence-electron chi connectivity index (χ1n) is 2.88. The lowest BCUT2D eigenvalue weighted by atomic mass is 10.2. The number of hydrogen-bond donors (Lipinski definition) is 0. The van der Waals surface area contributed by atoms with E-state index in [1.165, 1.54) is 0 Å². The second-order valence-electron chi connectivity index (χ2n) is 1.78. The van der Waals surface area contributed by atoms with E-state index in [4.69, 9.17) is 6.42 Å². The van der Waals surface area contributed by atoms with Crippen molar-refractivity contribution >= 4 is 6.29 Å². The Kier molecular flexibility index (Phi) is 4.53. The maximum atomic E-state index is 9.79. The molecule has 0 fully saturated rings. The summed E-state index contributed by atoms with van der Waals surface area (Å²) >= 11 is 0. The second kappa shape index (κ2) is 5.11. The highest BCUT2D eigenvalue weighted by Gasteiger charge is 1.80. The molecule has 0 amide bonds. The van der Waals surface area contributed by atoms with Crippen molar-refractivity contribution in [2.45, 2.75) is 19.8 Å². The van der Waals surface area contributed by atoms with Gasteiger partial charge in [0.1, 0.15) is 6.29 Å². The summed E-state index contributed by atoms with van der Waals surface area (Å²) in [6, 6.07) is 0. The number of unbranched alkanes of at least 4 members (excludes halogenated alkanes) is 1. The number of carbonyl (C=O) groups excluding carboxylic acids is 1. The molecule has 0 saturated heterocycles. The molecular weight excluding hydrogens is 112 g/mol. The molecule has 0 aromatic carbocycles. The molecule has 0 atom stereocenters. The van der Waals surface area contributed by atoms with Crippen LogP contribution in [0.3, 0.4) is 0 Å². The van der Waals surface area contributed by atoms with Gasteiger partial charge in [-0.05, 0) is 18.9 Å². The lowest BCUT2D eigenvalue weighted by Crippen LogP contribution is -1.73. The van der Waals surface area contributed by atoms with Crippen LogP contribution in [0.5, 0.6) is 0 Å². The Bertz CT molecular complexity index is 148. The summed E-state index contributed by atoms with van der Waals surface area (Å²) in [5.41, 5.74) is 0.900. The molecule has 0 rings (SSSR count). The van der Waals surface area contributed by atoms with Crippen LogP contribution in [0.4, 0.5) is 0 Å². The molecular formula is C8H10O. The van der Waals surface area contributed by atoms with Crippen molar-refractivity contribution in [3.05, 3.63) is 11.6 Å². The van der Waals surface area contributed by atoms with Crippen molar-refractivity contribution in [2.24, 2.45) is 0 Å². The largest absolute Gasteiger partial charge is 0.303 e. The predicted octanol–water partition coefficient (Wildman–Crippen LogP) is 1.54. The molecule has 1 nitrogen and oxygen atoms in total. The van der Waals surface area contributed by atoms with Crippen molar-refractivity contribution in [2.75, 3.05) is 0 Å². The number of terminal acetylenes is 1. The third-order valence-electron chi connectivity index (χ3n) is 0.963. The third kappa shape index (κ3) is 4.83. The standard InChI is InChI=1S/C8H10O/c1-3-8(2)6-4-5-7-9/h1,6-7H,4-5H2,2H3. The Morgan fingerprint density at radius 2 is 2.33 bits per heavy atom. The van der Waals surface area contributed by atoms with Crippen molar-refractivity contribution in [3.8, 4) is 12.3 Å². The van der Waals surface area contributed by atoms with Gasteiger partial charge < -0.3 is 4.79 Å². The molecule has 9 heavy (non-hydrogen) atoms. The smallest absolute Gasteiger partial charge is 0.120 e. The van der Waals surface area contributed by atoms with E-state index < -0.39 is 0 Å². The Hall–Kier alpha value is -1.03. The summed E-state index contributed by atoms with van der Waals surface area (Å²) in [6.07, 6.45) is 9.15. The second-order valence-corrected chi connectivity index (χ2v) is 1.78. The summed E-state index contributed by atoms with van der Waals surface area (Å²) in [5.74, 6) is 2.47. The van der Waals surface area contributed by atoms with E-state index >= 15 is 0 Å². The number of hydrogen-bond acceptors (Lipinski definition) is 1. The Morgan fingerprint density at radius 3 is 2.78 bits per heavy atom. The van der Waals surface area contributed by atoms with Gasteiger partial charge in [-0.1, -0.05) is 12.0 Å². The van der Waals surface area contributed by atoms with Gasteiger partial charge in [-0.3, -0.25) is 0 Å². The van der Waals surface area contributed by atoms with Gasteiger partial charge in [-0.2, -0.15) is 0 Å². The fraction of sp³-hybridized carbons (Fsp3) is 0.375. The normalized spacial score (nSPS) is 10.4. The Labute approximate surface area is 55.8 Å². The Morgan fingerprint density at radius 1 is 1.67 bits per heavy atom. The maximum absolute atomic E-state index is 9.79. The minimum Gasteiger partial charge on any atom is -0.303 e. The fourth-order valence-corrected chi connectivity index (χ4v) is 0.427. The van der Waals surface area contributed by atoms with E-state index in [2.05, 4.69) is 5.92 Å². The van der Waals surface area contributed by atoms with Gasteiger partial charge in [-0.15, -0.1) is 6.42 Å². The van der Waals surface area contributed by atoms with Crippen molar-refractivity contribution in [3.63, 3.8) is 0 Å². The Balaban J connectivity index is 3.46. The van der Waals surface area contributed by atoms with E-state index in [0.717, 1.165) is 18.3 Å². The van der Waals surface area contributed by atoms with Crippen LogP contribution >= 0.6 is 0 Å². The molecule has 0 heterocycles. The van der Waals surface area contributed by atoms with Gasteiger partial charge in [0.2, 0.25) is 0 Å². The first-order valence-corrected chi connectivity index (χ1v) is 2.88. The zero-order chi connectivity index (χ0) is 7.11. The molecule has 0 aromatic heterocycles. The van der Waals surface area contributed by atoms with Crippen LogP contribution in [0.2, 0.25) is 0 Å². The van der Waals surface area contributed by atoms with Crippen LogP contribution in [-0.2, 0) is 4.79 Å². The van der Waals surface area contributed by atoms with Crippen molar-refractivity contribution in [1.29, 1.82) is 0 Å². The molecule has 0 bridgehead atoms. The number of carbonyl (C=O) groups is 1. The molecule has 0 aromatic rings. The van der Waals surface area contributed by atoms with Gasteiger partial charge in [0.25, 0.3) is 0 Å². The van der Waals surface area contributed by atoms with Crippen LogP contribution in [-0.4, -0.2) is 6.29 Å². The molecule has 48 valence electrons. The molecule has 0 aliphatic rings. The summed E-state index contributed by atoms with van der Waals surface area (Å²) in [5, 5.41) is 0. The van der Waals surface area contributed by atoms with Crippen molar-refractivity contribution in [1.82, 2.24) is 0 Å². The van der Waals surface area contributed by atoms with Gasteiger partial charge in [0.15, 0.2) is 0 Å². The van der Waals surface area contributed by atoms with Gasteiger partial charge in [-0.25, -0.2) is 0 Å². The highest BCUT2D eigenvalue weighted by Crippen LogP contribution is 1.93. The van der Waals surface area contributed by atoms with E-state index in [9.17, 15) is 4.79 Å². The number of rotatable bonds is 3. The van der Waals surface area contributed by atoms with Crippen LogP contribution < -0.4 is 0 Å². The van der Waals surface area contributed by atoms with Gasteiger partial charge in [0.05, 0.1) is 0 Å². The summed E-state index contributed by atoms with van der Waals surface area (Å²) < 4.78 is 0. The molecule has 0 unspecified atom stereocenters. The van der Waals surface area contributed by atoms with Gasteiger partial charge in [0, 0.05) is 6.42 Å². The van der Waals surface area contributed by atoms with E-state index in [-0.39, 0.29) is 0 Å². The highest BCUT2D eigenvalue weighted by molar-refractivity contribution is 5.49. The van der Waals surface area contributed by atoms with E-state index in [1.807, 2.05) is 13.0 Å². The molecule has 1 heteroatoms. The average Bonchev–Trinajstić information content (AvgIpc) is 1.89. The highest BCUT2D eigenvalue weighted by atomic mass is 16.1. The lowest BCUT2D eigenvalue weighted by Gasteiger charge is -1.84. The van der Waals surface area contributed by atoms with Crippen LogP contribution in [0.1, 0.15) is 19.8 Å². The molecule has 0 aliphatic heterocycles. The van der Waals surface area contributed by atoms with Crippen LogP contribution in [0, 0.1) is 12.3 Å². The summed E-state index contributed by atoms with van der Waals surface area (Å²) in [6.45, 7) is 1.85.